The van der Waals surface area contributed by atoms with E-state index in [1.165, 1.54) is 0 Å². The third-order valence-electron chi connectivity index (χ3n) is 3.61. The number of amides is 1. The van der Waals surface area contributed by atoms with Gasteiger partial charge in [-0.15, -0.1) is 0 Å². The molecule has 1 aromatic heterocycles. The van der Waals surface area contributed by atoms with Crippen LogP contribution in [0.4, 0.5) is 0 Å². The highest BCUT2D eigenvalue weighted by molar-refractivity contribution is 5.91. The van der Waals surface area contributed by atoms with E-state index in [0.29, 0.717) is 12.5 Å². The number of carbonyl (C=O) groups is 1. The molecule has 1 aliphatic carbocycles. The van der Waals surface area contributed by atoms with Crippen LogP contribution in [-0.4, -0.2) is 24.0 Å². The van der Waals surface area contributed by atoms with Crippen molar-refractivity contribution in [2.45, 2.75) is 32.2 Å². The van der Waals surface area contributed by atoms with Crippen molar-refractivity contribution < 1.29 is 9.53 Å². The maximum Gasteiger partial charge on any atom is 0.224 e. The molecule has 0 radical (unpaired) electrons. The Morgan fingerprint density at radius 2 is 2.26 bits per heavy atom. The number of nitrogens with one attached hydrogen (secondary N) is 2. The van der Waals surface area contributed by atoms with Gasteiger partial charge in [0.1, 0.15) is 5.75 Å². The number of aromatic nitrogens is 1. The lowest BCUT2D eigenvalue weighted by Crippen LogP contribution is -2.27. The van der Waals surface area contributed by atoms with Crippen LogP contribution >= 0.6 is 0 Å². The third kappa shape index (κ3) is 2.43. The summed E-state index contributed by atoms with van der Waals surface area (Å²) in [6.45, 7) is 2.01. The van der Waals surface area contributed by atoms with Crippen LogP contribution in [0.25, 0.3) is 10.9 Å². The molecule has 1 amide bonds. The molecule has 4 heteroatoms. The van der Waals surface area contributed by atoms with Gasteiger partial charge in [0.2, 0.25) is 5.91 Å². The number of carbonyl (C=O) groups excluding carboxylic acids is 1. The fourth-order valence-electron chi connectivity index (χ4n) is 2.38. The van der Waals surface area contributed by atoms with Crippen LogP contribution < -0.4 is 10.1 Å². The van der Waals surface area contributed by atoms with E-state index in [2.05, 4.69) is 10.3 Å². The SMILES string of the molecule is COc1ccc2[nH]c(C)c(CC(=O)NC3CC3)c2c1. The zero-order valence-electron chi connectivity index (χ0n) is 11.2. The molecule has 0 saturated heterocycles. The molecule has 3 rings (SSSR count). The number of fused-ring (bicyclic) bond motifs is 1. The maximum atomic E-state index is 12.0. The molecule has 0 spiro atoms. The van der Waals surface area contributed by atoms with E-state index in [4.69, 9.17) is 4.74 Å². The third-order valence-corrected chi connectivity index (χ3v) is 3.61. The molecule has 19 heavy (non-hydrogen) atoms. The molecular weight excluding hydrogens is 240 g/mol. The number of hydrogen-bond acceptors (Lipinski definition) is 2. The molecule has 1 fully saturated rings. The van der Waals surface area contributed by atoms with Crippen molar-refractivity contribution >= 4 is 16.8 Å². The number of aryl methyl sites for hydroxylation is 1. The van der Waals surface area contributed by atoms with E-state index >= 15 is 0 Å². The molecule has 1 heterocycles. The van der Waals surface area contributed by atoms with Crippen molar-refractivity contribution in [3.63, 3.8) is 0 Å². The predicted octanol–water partition coefficient (Wildman–Crippen LogP) is 2.31. The minimum Gasteiger partial charge on any atom is -0.497 e. The van der Waals surface area contributed by atoms with Crippen molar-refractivity contribution in [1.82, 2.24) is 10.3 Å². The Kier molecular flexibility index (Phi) is 2.93. The largest absolute Gasteiger partial charge is 0.497 e. The molecule has 0 atom stereocenters. The summed E-state index contributed by atoms with van der Waals surface area (Å²) in [6.07, 6.45) is 2.66. The Labute approximate surface area is 112 Å². The molecule has 1 aromatic carbocycles. The standard InChI is InChI=1S/C15H18N2O2/c1-9-12(8-15(18)17-10-3-4-10)13-7-11(19-2)5-6-14(13)16-9/h5-7,10,16H,3-4,8H2,1-2H3,(H,17,18). The topological polar surface area (TPSA) is 54.1 Å². The molecular formula is C15H18N2O2. The lowest BCUT2D eigenvalue weighted by Gasteiger charge is -2.04. The highest BCUT2D eigenvalue weighted by Gasteiger charge is 2.24. The normalized spacial score (nSPS) is 14.6. The molecule has 0 unspecified atom stereocenters. The number of ether oxygens (including phenoxy) is 1. The Morgan fingerprint density at radius 3 is 2.95 bits per heavy atom. The molecule has 2 N–H and O–H groups in total. The smallest absolute Gasteiger partial charge is 0.224 e. The van der Waals surface area contributed by atoms with Gasteiger partial charge in [0.15, 0.2) is 0 Å². The van der Waals surface area contributed by atoms with Crippen LogP contribution in [-0.2, 0) is 11.2 Å². The fourth-order valence-corrected chi connectivity index (χ4v) is 2.38. The summed E-state index contributed by atoms with van der Waals surface area (Å²) in [5, 5.41) is 4.10. The van der Waals surface area contributed by atoms with E-state index in [1.807, 2.05) is 25.1 Å². The molecule has 100 valence electrons. The summed E-state index contributed by atoms with van der Waals surface area (Å²) >= 11 is 0. The highest BCUT2D eigenvalue weighted by atomic mass is 16.5. The number of benzene rings is 1. The van der Waals surface area contributed by atoms with Crippen molar-refractivity contribution in [1.29, 1.82) is 0 Å². The average Bonchev–Trinajstić information content (AvgIpc) is 3.15. The van der Waals surface area contributed by atoms with Crippen molar-refractivity contribution in [3.05, 3.63) is 29.5 Å². The first-order valence-electron chi connectivity index (χ1n) is 6.62. The lowest BCUT2D eigenvalue weighted by atomic mass is 10.1. The number of aromatic amines is 1. The van der Waals surface area contributed by atoms with Gasteiger partial charge in [-0.1, -0.05) is 0 Å². The first-order chi connectivity index (χ1) is 9.17. The maximum absolute atomic E-state index is 12.0. The van der Waals surface area contributed by atoms with Gasteiger partial charge >= 0.3 is 0 Å². The van der Waals surface area contributed by atoms with Crippen LogP contribution in [0.2, 0.25) is 0 Å². The molecule has 1 saturated carbocycles. The van der Waals surface area contributed by atoms with Crippen molar-refractivity contribution in [3.8, 4) is 5.75 Å². The number of H-pyrrole nitrogens is 1. The van der Waals surface area contributed by atoms with Crippen LogP contribution in [0, 0.1) is 6.92 Å². The summed E-state index contributed by atoms with van der Waals surface area (Å²) in [5.41, 5.74) is 3.16. The second-order valence-corrected chi connectivity index (χ2v) is 5.16. The lowest BCUT2D eigenvalue weighted by molar-refractivity contribution is -0.120. The Hall–Kier alpha value is -1.97. The van der Waals surface area contributed by atoms with Crippen LogP contribution in [0.15, 0.2) is 18.2 Å². The summed E-state index contributed by atoms with van der Waals surface area (Å²) in [7, 11) is 1.65. The zero-order chi connectivity index (χ0) is 13.4. The Balaban J connectivity index is 1.91. The van der Waals surface area contributed by atoms with Gasteiger partial charge in [-0.05, 0) is 43.5 Å². The van der Waals surface area contributed by atoms with Gasteiger partial charge in [0.25, 0.3) is 0 Å². The first kappa shape index (κ1) is 12.1. The van der Waals surface area contributed by atoms with Gasteiger partial charge in [0, 0.05) is 22.6 Å². The summed E-state index contributed by atoms with van der Waals surface area (Å²) in [6, 6.07) is 6.31. The van der Waals surface area contributed by atoms with Gasteiger partial charge < -0.3 is 15.0 Å². The van der Waals surface area contributed by atoms with E-state index < -0.39 is 0 Å². The average molecular weight is 258 g/mol. The highest BCUT2D eigenvalue weighted by Crippen LogP contribution is 2.27. The summed E-state index contributed by atoms with van der Waals surface area (Å²) < 4.78 is 5.25. The van der Waals surface area contributed by atoms with E-state index in [-0.39, 0.29) is 5.91 Å². The monoisotopic (exact) mass is 258 g/mol. The number of methoxy groups -OCH3 is 1. The summed E-state index contributed by atoms with van der Waals surface area (Å²) in [4.78, 5) is 15.3. The Morgan fingerprint density at radius 1 is 1.47 bits per heavy atom. The van der Waals surface area contributed by atoms with Gasteiger partial charge in [-0.25, -0.2) is 0 Å². The first-order valence-corrected chi connectivity index (χ1v) is 6.62. The zero-order valence-corrected chi connectivity index (χ0v) is 11.2. The van der Waals surface area contributed by atoms with Crippen LogP contribution in [0.5, 0.6) is 5.75 Å². The van der Waals surface area contributed by atoms with Gasteiger partial charge in [-0.3, -0.25) is 4.79 Å². The van der Waals surface area contributed by atoms with Crippen molar-refractivity contribution in [2.75, 3.05) is 7.11 Å². The minimum absolute atomic E-state index is 0.106. The quantitative estimate of drug-likeness (QED) is 0.884. The number of hydrogen-bond donors (Lipinski definition) is 2. The van der Waals surface area contributed by atoms with Crippen LogP contribution in [0.3, 0.4) is 0 Å². The number of rotatable bonds is 4. The van der Waals surface area contributed by atoms with E-state index in [1.54, 1.807) is 7.11 Å². The summed E-state index contributed by atoms with van der Waals surface area (Å²) in [5.74, 6) is 0.921. The Bertz CT molecular complexity index is 626. The minimum atomic E-state index is 0.106. The predicted molar refractivity (Wildman–Crippen MR) is 74.5 cm³/mol. The van der Waals surface area contributed by atoms with E-state index in [9.17, 15) is 4.79 Å². The molecule has 1 aliphatic rings. The van der Waals surface area contributed by atoms with Gasteiger partial charge in [0.05, 0.1) is 13.5 Å². The van der Waals surface area contributed by atoms with E-state index in [0.717, 1.165) is 40.8 Å². The van der Waals surface area contributed by atoms with Crippen LogP contribution in [0.1, 0.15) is 24.1 Å². The molecule has 0 aliphatic heterocycles. The second-order valence-electron chi connectivity index (χ2n) is 5.16. The molecule has 4 nitrogen and oxygen atoms in total. The fraction of sp³-hybridized carbons (Fsp3) is 0.400. The van der Waals surface area contributed by atoms with Gasteiger partial charge in [-0.2, -0.15) is 0 Å². The molecule has 2 aromatic rings. The van der Waals surface area contributed by atoms with Crippen molar-refractivity contribution in [2.24, 2.45) is 0 Å². The molecule has 0 bridgehead atoms. The second kappa shape index (κ2) is 4.61.